The largest absolute Gasteiger partial charge is 0.367 e. The molecule has 0 spiro atoms. The van der Waals surface area contributed by atoms with E-state index in [4.69, 9.17) is 4.74 Å². The van der Waals surface area contributed by atoms with E-state index in [0.29, 0.717) is 0 Å². The summed E-state index contributed by atoms with van der Waals surface area (Å²) in [6.07, 6.45) is 7.47. The van der Waals surface area contributed by atoms with Crippen LogP contribution in [0, 0.1) is 0 Å². The Balaban J connectivity index is 2.70. The van der Waals surface area contributed by atoms with Crippen molar-refractivity contribution >= 4 is 5.91 Å². The molecular weight excluding hydrogens is 166 g/mol. The van der Waals surface area contributed by atoms with Crippen LogP contribution < -0.4 is 5.32 Å². The van der Waals surface area contributed by atoms with Gasteiger partial charge in [-0.2, -0.15) is 0 Å². The normalized spacial score (nSPS) is 17.8. The molecule has 1 amide bonds. The summed E-state index contributed by atoms with van der Waals surface area (Å²) in [6, 6.07) is 0. The van der Waals surface area contributed by atoms with E-state index in [9.17, 15) is 4.79 Å². The van der Waals surface area contributed by atoms with Gasteiger partial charge in [-0.1, -0.05) is 18.2 Å². The van der Waals surface area contributed by atoms with Gasteiger partial charge in [0, 0.05) is 14.2 Å². The van der Waals surface area contributed by atoms with Gasteiger partial charge in [0.1, 0.15) is 0 Å². The minimum absolute atomic E-state index is 0.0796. The molecule has 1 N–H and O–H groups in total. The van der Waals surface area contributed by atoms with Crippen LogP contribution in [0.5, 0.6) is 0 Å². The van der Waals surface area contributed by atoms with Crippen LogP contribution in [0.15, 0.2) is 23.8 Å². The molecule has 72 valence electrons. The summed E-state index contributed by atoms with van der Waals surface area (Å²) in [5.41, 5.74) is 1.05. The first-order valence-electron chi connectivity index (χ1n) is 4.39. The van der Waals surface area contributed by atoms with Gasteiger partial charge in [-0.3, -0.25) is 4.79 Å². The molecule has 1 unspecified atom stereocenters. The van der Waals surface area contributed by atoms with Crippen molar-refractivity contribution < 1.29 is 9.53 Å². The van der Waals surface area contributed by atoms with Crippen LogP contribution in [0.4, 0.5) is 0 Å². The summed E-state index contributed by atoms with van der Waals surface area (Å²) >= 11 is 0. The van der Waals surface area contributed by atoms with E-state index in [1.165, 1.54) is 0 Å². The van der Waals surface area contributed by atoms with E-state index in [1.54, 1.807) is 14.2 Å². The Morgan fingerprint density at radius 1 is 1.69 bits per heavy atom. The molecule has 0 fully saturated rings. The summed E-state index contributed by atoms with van der Waals surface area (Å²) in [4.78, 5) is 11.3. The molecule has 0 aromatic heterocycles. The number of rotatable bonds is 3. The van der Waals surface area contributed by atoms with Gasteiger partial charge in [-0.15, -0.1) is 0 Å². The second-order valence-corrected chi connectivity index (χ2v) is 2.94. The first kappa shape index (κ1) is 9.99. The predicted octanol–water partition coefficient (Wildman–Crippen LogP) is 1.02. The van der Waals surface area contributed by atoms with Crippen molar-refractivity contribution in [3.8, 4) is 0 Å². The Kier molecular flexibility index (Phi) is 3.71. The number of carbonyl (C=O) groups excluding carboxylic acids is 1. The number of ether oxygens (including phenoxy) is 1. The highest BCUT2D eigenvalue weighted by Crippen LogP contribution is 2.17. The van der Waals surface area contributed by atoms with Gasteiger partial charge in [0.15, 0.2) is 6.10 Å². The molecule has 13 heavy (non-hydrogen) atoms. The molecule has 0 aromatic carbocycles. The molecule has 0 heterocycles. The fourth-order valence-electron chi connectivity index (χ4n) is 1.40. The van der Waals surface area contributed by atoms with Crippen LogP contribution in [0.1, 0.15) is 12.8 Å². The summed E-state index contributed by atoms with van der Waals surface area (Å²) in [6.45, 7) is 0. The lowest BCUT2D eigenvalue weighted by atomic mass is 9.99. The third-order valence-electron chi connectivity index (χ3n) is 2.10. The summed E-state index contributed by atoms with van der Waals surface area (Å²) in [5, 5.41) is 2.58. The standard InChI is InChI=1S/C10H15NO2/c1-11-10(12)9(13-2)8-6-4-3-5-7-8/h3-4,6,9H,5,7H2,1-2H3,(H,11,12). The smallest absolute Gasteiger partial charge is 0.253 e. The van der Waals surface area contributed by atoms with Crippen molar-refractivity contribution in [2.24, 2.45) is 0 Å². The Labute approximate surface area is 78.5 Å². The highest BCUT2D eigenvalue weighted by Gasteiger charge is 2.20. The number of carbonyl (C=O) groups is 1. The van der Waals surface area contributed by atoms with Crippen LogP contribution >= 0.6 is 0 Å². The first-order valence-corrected chi connectivity index (χ1v) is 4.39. The molecule has 0 aliphatic heterocycles. The number of nitrogens with one attached hydrogen (secondary N) is 1. The fourth-order valence-corrected chi connectivity index (χ4v) is 1.40. The zero-order valence-electron chi connectivity index (χ0n) is 8.04. The fraction of sp³-hybridized carbons (Fsp3) is 0.500. The molecule has 1 aliphatic rings. The number of amides is 1. The second-order valence-electron chi connectivity index (χ2n) is 2.94. The summed E-state index contributed by atoms with van der Waals surface area (Å²) in [5.74, 6) is -0.0796. The third-order valence-corrected chi connectivity index (χ3v) is 2.10. The van der Waals surface area contributed by atoms with Crippen molar-refractivity contribution in [1.82, 2.24) is 5.32 Å². The molecule has 1 rings (SSSR count). The van der Waals surface area contributed by atoms with Crippen molar-refractivity contribution in [1.29, 1.82) is 0 Å². The van der Waals surface area contributed by atoms with E-state index < -0.39 is 6.10 Å². The Hall–Kier alpha value is -1.09. The Morgan fingerprint density at radius 3 is 2.92 bits per heavy atom. The van der Waals surface area contributed by atoms with E-state index in [0.717, 1.165) is 18.4 Å². The van der Waals surface area contributed by atoms with Gasteiger partial charge < -0.3 is 10.1 Å². The van der Waals surface area contributed by atoms with Crippen LogP contribution in [0.2, 0.25) is 0 Å². The lowest BCUT2D eigenvalue weighted by molar-refractivity contribution is -0.128. The summed E-state index contributed by atoms with van der Waals surface area (Å²) < 4.78 is 5.13. The van der Waals surface area contributed by atoms with Gasteiger partial charge in [-0.25, -0.2) is 0 Å². The molecule has 0 aromatic rings. The molecule has 0 saturated carbocycles. The van der Waals surface area contributed by atoms with Gasteiger partial charge >= 0.3 is 0 Å². The molecule has 0 bridgehead atoms. The molecule has 0 radical (unpaired) electrons. The maximum Gasteiger partial charge on any atom is 0.253 e. The third kappa shape index (κ3) is 2.42. The molecule has 3 heteroatoms. The molecular formula is C10H15NO2. The highest BCUT2D eigenvalue weighted by atomic mass is 16.5. The number of hydrogen-bond acceptors (Lipinski definition) is 2. The van der Waals surface area contributed by atoms with Crippen molar-refractivity contribution in [2.45, 2.75) is 18.9 Å². The van der Waals surface area contributed by atoms with E-state index >= 15 is 0 Å². The minimum atomic E-state index is -0.421. The number of allylic oxidation sites excluding steroid dienone is 3. The maximum atomic E-state index is 11.3. The molecule has 1 atom stereocenters. The maximum absolute atomic E-state index is 11.3. The number of methoxy groups -OCH3 is 1. The Morgan fingerprint density at radius 2 is 2.46 bits per heavy atom. The average molecular weight is 181 g/mol. The van der Waals surface area contributed by atoms with Crippen LogP contribution in [-0.2, 0) is 9.53 Å². The van der Waals surface area contributed by atoms with E-state index in [2.05, 4.69) is 11.4 Å². The average Bonchev–Trinajstić information content (AvgIpc) is 2.20. The van der Waals surface area contributed by atoms with Gasteiger partial charge in [-0.05, 0) is 18.4 Å². The van der Waals surface area contributed by atoms with E-state index in [-0.39, 0.29) is 5.91 Å². The zero-order chi connectivity index (χ0) is 9.68. The molecule has 3 nitrogen and oxygen atoms in total. The highest BCUT2D eigenvalue weighted by molar-refractivity contribution is 5.83. The topological polar surface area (TPSA) is 38.3 Å². The lowest BCUT2D eigenvalue weighted by Crippen LogP contribution is -2.35. The molecule has 0 saturated heterocycles. The summed E-state index contributed by atoms with van der Waals surface area (Å²) in [7, 11) is 3.17. The first-order chi connectivity index (χ1) is 6.29. The Bertz CT molecular complexity index is 243. The molecule has 1 aliphatic carbocycles. The lowest BCUT2D eigenvalue weighted by Gasteiger charge is -2.18. The van der Waals surface area contributed by atoms with Crippen LogP contribution in [0.25, 0.3) is 0 Å². The van der Waals surface area contributed by atoms with Gasteiger partial charge in [0.25, 0.3) is 5.91 Å². The zero-order valence-corrected chi connectivity index (χ0v) is 8.04. The van der Waals surface area contributed by atoms with Crippen LogP contribution in [0.3, 0.4) is 0 Å². The second kappa shape index (κ2) is 4.82. The number of hydrogen-bond donors (Lipinski definition) is 1. The SMILES string of the molecule is CNC(=O)C(OC)C1=CC=CCC1. The van der Waals surface area contributed by atoms with Crippen LogP contribution in [-0.4, -0.2) is 26.2 Å². The van der Waals surface area contributed by atoms with Crippen molar-refractivity contribution in [3.63, 3.8) is 0 Å². The monoisotopic (exact) mass is 181 g/mol. The van der Waals surface area contributed by atoms with Gasteiger partial charge in [0.2, 0.25) is 0 Å². The quantitative estimate of drug-likeness (QED) is 0.706. The van der Waals surface area contributed by atoms with Gasteiger partial charge in [0.05, 0.1) is 0 Å². The van der Waals surface area contributed by atoms with Crippen molar-refractivity contribution in [3.05, 3.63) is 23.8 Å². The minimum Gasteiger partial charge on any atom is -0.367 e. The van der Waals surface area contributed by atoms with Crippen molar-refractivity contribution in [2.75, 3.05) is 14.2 Å². The van der Waals surface area contributed by atoms with E-state index in [1.807, 2.05) is 12.2 Å². The predicted molar refractivity (Wildman–Crippen MR) is 51.3 cm³/mol. The number of likely N-dealkylation sites (N-methyl/N-ethyl adjacent to an activating group) is 1.